The van der Waals surface area contributed by atoms with Gasteiger partial charge in [0.2, 0.25) is 0 Å². The van der Waals surface area contributed by atoms with Gasteiger partial charge < -0.3 is 14.2 Å². The highest BCUT2D eigenvalue weighted by atomic mass is 31.1. The van der Waals surface area contributed by atoms with Crippen LogP contribution in [0.1, 0.15) is 53.1 Å². The van der Waals surface area contributed by atoms with Crippen molar-refractivity contribution in [3.63, 3.8) is 0 Å². The van der Waals surface area contributed by atoms with Gasteiger partial charge in [0.05, 0.1) is 28.6 Å². The van der Waals surface area contributed by atoms with Gasteiger partial charge in [-0.1, -0.05) is 26.1 Å². The number of fused-ring (bicyclic) bond motifs is 9. The van der Waals surface area contributed by atoms with Gasteiger partial charge >= 0.3 is 6.61 Å². The van der Waals surface area contributed by atoms with Crippen LogP contribution in [-0.2, 0) is 0 Å². The summed E-state index contributed by atoms with van der Waals surface area (Å²) in [5, 5.41) is 0. The van der Waals surface area contributed by atoms with Crippen LogP contribution < -0.4 is 10.2 Å². The Hall–Kier alpha value is -3.38. The number of ether oxygens (including phenoxy) is 1. The fourth-order valence-corrected chi connectivity index (χ4v) is 6.57. The summed E-state index contributed by atoms with van der Waals surface area (Å²) in [5.41, 5.74) is 5.82. The van der Waals surface area contributed by atoms with Crippen molar-refractivity contribution in [1.29, 1.82) is 0 Å². The van der Waals surface area contributed by atoms with Crippen molar-refractivity contribution in [3.8, 4) is 16.9 Å². The molecule has 1 amide bonds. The summed E-state index contributed by atoms with van der Waals surface area (Å²) in [7, 11) is -0.276. The van der Waals surface area contributed by atoms with E-state index in [2.05, 4.69) is 41.1 Å². The van der Waals surface area contributed by atoms with E-state index in [0.717, 1.165) is 46.3 Å². The predicted octanol–water partition coefficient (Wildman–Crippen LogP) is 5.72. The molecule has 4 aromatic rings. The molecule has 2 bridgehead atoms. The molecule has 37 heavy (non-hydrogen) atoms. The molecular formula is C28H25F2N4O2P. The first-order valence-corrected chi connectivity index (χ1v) is 14.7. The lowest BCUT2D eigenvalue weighted by Crippen LogP contribution is -2.36. The number of benzene rings is 2. The number of halogens is 2. The SMILES string of the molecule is CP(C)c1ccc(-c2ccc3nc4n(c3c2)[C@@H]2CC4N(C3CC3)C(=O)c3cccc(OC(F)F)c32)cn1. The Kier molecular flexibility index (Phi) is 5.12. The number of carbonyl (C=O) groups excluding carboxylic acids is 1. The smallest absolute Gasteiger partial charge is 0.387 e. The summed E-state index contributed by atoms with van der Waals surface area (Å²) in [6.07, 6.45) is 4.39. The molecule has 0 saturated heterocycles. The summed E-state index contributed by atoms with van der Waals surface area (Å²) in [6, 6.07) is 14.8. The van der Waals surface area contributed by atoms with E-state index in [9.17, 15) is 13.6 Å². The highest BCUT2D eigenvalue weighted by Crippen LogP contribution is 2.53. The molecule has 2 aromatic carbocycles. The average Bonchev–Trinajstić information content (AvgIpc) is 3.57. The summed E-state index contributed by atoms with van der Waals surface area (Å²) in [5.74, 6) is 0.746. The molecule has 6 nitrogen and oxygen atoms in total. The molecule has 1 aliphatic carbocycles. The quantitative estimate of drug-likeness (QED) is 0.317. The number of aromatic nitrogens is 3. The predicted molar refractivity (Wildman–Crippen MR) is 139 cm³/mol. The number of rotatable bonds is 5. The largest absolute Gasteiger partial charge is 0.434 e. The van der Waals surface area contributed by atoms with Crippen molar-refractivity contribution >= 4 is 30.3 Å². The maximum atomic E-state index is 13.7. The van der Waals surface area contributed by atoms with Gasteiger partial charge in [0, 0.05) is 35.3 Å². The minimum absolute atomic E-state index is 0.0588. The van der Waals surface area contributed by atoms with Crippen molar-refractivity contribution in [2.75, 3.05) is 13.3 Å². The fraction of sp³-hybridized carbons (Fsp3) is 0.321. The maximum absolute atomic E-state index is 13.7. The van der Waals surface area contributed by atoms with Crippen LogP contribution in [-0.4, -0.2) is 51.3 Å². The highest BCUT2D eigenvalue weighted by Gasteiger charge is 2.50. The zero-order chi connectivity index (χ0) is 25.4. The molecule has 2 atom stereocenters. The number of carbonyl (C=O) groups is 1. The fourth-order valence-electron chi connectivity index (χ4n) is 5.91. The summed E-state index contributed by atoms with van der Waals surface area (Å²) >= 11 is 0. The van der Waals surface area contributed by atoms with Gasteiger partial charge in [-0.15, -0.1) is 0 Å². The Bertz CT molecular complexity index is 1550. The first-order valence-electron chi connectivity index (χ1n) is 12.5. The normalized spacial score (nSPS) is 20.5. The van der Waals surface area contributed by atoms with E-state index in [0.29, 0.717) is 17.5 Å². The third-order valence-electron chi connectivity index (χ3n) is 7.67. The third-order valence-corrected chi connectivity index (χ3v) is 8.85. The van der Waals surface area contributed by atoms with Gasteiger partial charge in [-0.2, -0.15) is 8.78 Å². The molecule has 1 unspecified atom stereocenters. The van der Waals surface area contributed by atoms with Crippen LogP contribution in [0.4, 0.5) is 8.78 Å². The molecule has 9 heteroatoms. The Balaban J connectivity index is 1.42. The van der Waals surface area contributed by atoms with Gasteiger partial charge in [-0.25, -0.2) is 4.98 Å². The summed E-state index contributed by atoms with van der Waals surface area (Å²) < 4.78 is 33.9. The first kappa shape index (κ1) is 22.8. The van der Waals surface area contributed by atoms with Crippen molar-refractivity contribution in [3.05, 3.63) is 71.7 Å². The highest BCUT2D eigenvalue weighted by molar-refractivity contribution is 7.63. The second-order valence-electron chi connectivity index (χ2n) is 10.1. The Labute approximate surface area is 214 Å². The van der Waals surface area contributed by atoms with E-state index in [-0.39, 0.29) is 37.7 Å². The molecule has 188 valence electrons. The van der Waals surface area contributed by atoms with Gasteiger partial charge in [-0.05, 0) is 62.1 Å². The van der Waals surface area contributed by atoms with Gasteiger partial charge in [0.25, 0.3) is 5.91 Å². The minimum Gasteiger partial charge on any atom is -0.434 e. The molecule has 0 radical (unpaired) electrons. The van der Waals surface area contributed by atoms with Crippen LogP contribution in [0.5, 0.6) is 5.75 Å². The number of nitrogens with zero attached hydrogens (tertiary/aromatic N) is 4. The number of pyridine rings is 1. The molecule has 1 fully saturated rings. The second kappa shape index (κ2) is 8.32. The molecule has 7 rings (SSSR count). The van der Waals surface area contributed by atoms with E-state index in [1.165, 1.54) is 6.07 Å². The van der Waals surface area contributed by atoms with E-state index in [1.54, 1.807) is 12.1 Å². The number of hydrogen-bond donors (Lipinski definition) is 0. The zero-order valence-corrected chi connectivity index (χ0v) is 21.3. The third kappa shape index (κ3) is 3.57. The topological polar surface area (TPSA) is 60.2 Å². The molecule has 3 aliphatic rings. The summed E-state index contributed by atoms with van der Waals surface area (Å²) in [6.45, 7) is 1.38. The number of hydrogen-bond acceptors (Lipinski definition) is 4. The summed E-state index contributed by atoms with van der Waals surface area (Å²) in [4.78, 5) is 25.3. The number of amides is 1. The van der Waals surface area contributed by atoms with Crippen LogP contribution in [0.15, 0.2) is 54.7 Å². The first-order chi connectivity index (χ1) is 17.9. The standard InChI is InChI=1S/C28H25F2N4O2P/c1-37(2)24-11-7-16(14-31-24)15-6-10-19-20(12-15)34-21-13-22(26(34)32-19)33(17-8-9-17)27(35)18-4-3-5-23(25(18)21)36-28(29)30/h3-7,10-12,14,17,21-22,28H,8-9,13H2,1-2H3/t21-,22?/m1/s1. The van der Waals surface area contributed by atoms with E-state index < -0.39 is 6.61 Å². The monoisotopic (exact) mass is 518 g/mol. The van der Waals surface area contributed by atoms with Gasteiger partial charge in [-0.3, -0.25) is 9.78 Å². The lowest BCUT2D eigenvalue weighted by Gasteiger charge is -2.28. The molecule has 0 N–H and O–H groups in total. The van der Waals surface area contributed by atoms with E-state index in [4.69, 9.17) is 9.72 Å². The number of imidazole rings is 1. The lowest BCUT2D eigenvalue weighted by molar-refractivity contribution is -0.0507. The molecule has 2 aromatic heterocycles. The van der Waals surface area contributed by atoms with Crippen molar-refractivity contribution in [2.24, 2.45) is 0 Å². The van der Waals surface area contributed by atoms with Crippen LogP contribution in [0.2, 0.25) is 0 Å². The molecule has 2 aliphatic heterocycles. The Morgan fingerprint density at radius 2 is 1.86 bits per heavy atom. The van der Waals surface area contributed by atoms with Crippen LogP contribution in [0.25, 0.3) is 22.2 Å². The van der Waals surface area contributed by atoms with E-state index in [1.807, 2.05) is 23.2 Å². The Morgan fingerprint density at radius 3 is 2.57 bits per heavy atom. The van der Waals surface area contributed by atoms with Gasteiger partial charge in [0.15, 0.2) is 0 Å². The molecule has 4 heterocycles. The molecule has 1 saturated carbocycles. The Morgan fingerprint density at radius 1 is 1.05 bits per heavy atom. The van der Waals surface area contributed by atoms with Gasteiger partial charge in [0.1, 0.15) is 11.6 Å². The van der Waals surface area contributed by atoms with Crippen molar-refractivity contribution in [1.82, 2.24) is 19.4 Å². The average molecular weight is 519 g/mol. The zero-order valence-electron chi connectivity index (χ0n) is 20.4. The van der Waals surface area contributed by atoms with Crippen molar-refractivity contribution in [2.45, 2.75) is 44.0 Å². The maximum Gasteiger partial charge on any atom is 0.387 e. The second-order valence-corrected chi connectivity index (χ2v) is 12.4. The van der Waals surface area contributed by atoms with E-state index >= 15 is 0 Å². The van der Waals surface area contributed by atoms with Crippen molar-refractivity contribution < 1.29 is 18.3 Å². The van der Waals surface area contributed by atoms with Crippen LogP contribution >= 0.6 is 7.92 Å². The molecule has 0 spiro atoms. The lowest BCUT2D eigenvalue weighted by atomic mass is 9.97. The molecular weight excluding hydrogens is 493 g/mol. The van der Waals surface area contributed by atoms with Crippen LogP contribution in [0, 0.1) is 0 Å². The van der Waals surface area contributed by atoms with Crippen LogP contribution in [0.3, 0.4) is 0 Å². The number of alkyl halides is 2. The minimum atomic E-state index is -2.98.